The van der Waals surface area contributed by atoms with Gasteiger partial charge in [0, 0.05) is 0 Å². The molecule has 0 aromatic carbocycles. The maximum Gasteiger partial charge on any atom is 0.288 e. The van der Waals surface area contributed by atoms with Gasteiger partial charge >= 0.3 is 0 Å². The fourth-order valence-electron chi connectivity index (χ4n) is 1.07. The van der Waals surface area contributed by atoms with Crippen molar-refractivity contribution < 1.29 is 36.2 Å². The van der Waals surface area contributed by atoms with Crippen molar-refractivity contribution in [2.24, 2.45) is 0 Å². The average Bonchev–Trinajstić information content (AvgIpc) is 1.92. The minimum absolute atomic E-state index is 0.665. The molecule has 8 nitrogen and oxygen atoms in total. The van der Waals surface area contributed by atoms with Crippen LogP contribution < -0.4 is 0 Å². The van der Waals surface area contributed by atoms with E-state index in [2.05, 4.69) is 0 Å². The molecule has 0 fully saturated rings. The minimum atomic E-state index is -5.32. The largest absolute Gasteiger partial charge is 0.378 e. The quantitative estimate of drug-likeness (QED) is 0.368. The fraction of sp³-hybridized carbons (Fsp3) is 0.750. The molecule has 0 aromatic heterocycles. The van der Waals surface area contributed by atoms with Gasteiger partial charge in [-0.05, 0) is 20.8 Å². The van der Waals surface area contributed by atoms with E-state index in [9.17, 15) is 27.0 Å². The molecule has 1 atom stereocenters. The lowest BCUT2D eigenvalue weighted by Crippen LogP contribution is -2.48. The predicted molar refractivity (Wildman–Crippen MR) is 61.6 cm³/mol. The van der Waals surface area contributed by atoms with Crippen LogP contribution in [0.15, 0.2) is 0 Å². The molecular formula is C8H14O8S2. The van der Waals surface area contributed by atoms with Crippen molar-refractivity contribution >= 4 is 20.2 Å². The first-order valence-electron chi connectivity index (χ1n) is 4.49. The predicted octanol–water partition coefficient (Wildman–Crippen LogP) is -1.39. The molecule has 10 heteroatoms. The summed E-state index contributed by atoms with van der Waals surface area (Å²) in [6.45, 7) is 3.07. The molecule has 0 spiro atoms. The summed E-state index contributed by atoms with van der Waals surface area (Å²) < 4.78 is 58.0. The summed E-state index contributed by atoms with van der Waals surface area (Å²) in [5, 5.41) is 18.9. The first-order valence-corrected chi connectivity index (χ1v) is 7.50. The summed E-state index contributed by atoms with van der Waals surface area (Å²) in [6.07, 6.45) is 0. The van der Waals surface area contributed by atoms with Crippen molar-refractivity contribution in [3.05, 3.63) is 0 Å². The van der Waals surface area contributed by atoms with Crippen LogP contribution in [0.3, 0.4) is 0 Å². The van der Waals surface area contributed by atoms with Crippen molar-refractivity contribution in [2.75, 3.05) is 0 Å². The number of hydrogen-bond donors (Lipinski definition) is 4. The van der Waals surface area contributed by atoms with Crippen molar-refractivity contribution in [1.82, 2.24) is 0 Å². The topological polar surface area (TPSA) is 149 Å². The van der Waals surface area contributed by atoms with Gasteiger partial charge in [0.15, 0.2) is 5.60 Å². The molecule has 106 valence electrons. The fourth-order valence-corrected chi connectivity index (χ4v) is 3.58. The van der Waals surface area contributed by atoms with E-state index in [0.717, 1.165) is 0 Å². The van der Waals surface area contributed by atoms with Gasteiger partial charge in [0.1, 0.15) is 5.60 Å². The van der Waals surface area contributed by atoms with Crippen LogP contribution in [-0.4, -0.2) is 51.9 Å². The SMILES string of the molecule is CC(C)(O)C#CC(C)(O)C(S(=O)(=O)O)S(=O)(=O)O. The molecule has 0 saturated heterocycles. The third-order valence-electron chi connectivity index (χ3n) is 1.62. The molecule has 4 N–H and O–H groups in total. The molecule has 1 unspecified atom stereocenters. The number of hydrogen-bond acceptors (Lipinski definition) is 6. The maximum absolute atomic E-state index is 10.9. The summed E-state index contributed by atoms with van der Waals surface area (Å²) in [7, 11) is -10.6. The Morgan fingerprint density at radius 1 is 0.889 bits per heavy atom. The van der Waals surface area contributed by atoms with E-state index >= 15 is 0 Å². The van der Waals surface area contributed by atoms with E-state index in [1.807, 2.05) is 5.92 Å². The van der Waals surface area contributed by atoms with Gasteiger partial charge in [0.25, 0.3) is 24.8 Å². The standard InChI is InChI=1S/C8H14O8S2/c1-7(2,9)4-5-8(3,10)6(17(11,12)13)18(14,15)16/h6,9-10H,1-3H3,(H,11,12,13)(H,14,15,16). The zero-order chi connectivity index (χ0) is 15.0. The van der Waals surface area contributed by atoms with E-state index in [1.54, 1.807) is 5.92 Å². The van der Waals surface area contributed by atoms with E-state index < -0.39 is 36.0 Å². The lowest BCUT2D eigenvalue weighted by atomic mass is 10.1. The lowest BCUT2D eigenvalue weighted by molar-refractivity contribution is 0.123. The molecule has 0 heterocycles. The molecule has 0 aliphatic carbocycles. The first kappa shape index (κ1) is 17.3. The van der Waals surface area contributed by atoms with Gasteiger partial charge in [-0.25, -0.2) is 0 Å². The Balaban J connectivity index is 5.88. The Kier molecular flexibility index (Phi) is 4.58. The maximum atomic E-state index is 10.9. The van der Waals surface area contributed by atoms with Gasteiger partial charge in [-0.2, -0.15) is 16.8 Å². The third-order valence-corrected chi connectivity index (χ3v) is 5.08. The Hall–Kier alpha value is -0.700. The van der Waals surface area contributed by atoms with Gasteiger partial charge in [-0.1, -0.05) is 11.8 Å². The third kappa shape index (κ3) is 5.30. The number of aliphatic hydroxyl groups is 2. The Bertz CT molecular complexity index is 535. The highest BCUT2D eigenvalue weighted by molar-refractivity contribution is 8.04. The normalized spacial score (nSPS) is 16.9. The zero-order valence-electron chi connectivity index (χ0n) is 9.82. The Labute approximate surface area is 105 Å². The second-order valence-electron chi connectivity index (χ2n) is 4.32. The van der Waals surface area contributed by atoms with Gasteiger partial charge in [0.2, 0.25) is 0 Å². The molecule has 0 rings (SSSR count). The highest BCUT2D eigenvalue weighted by Crippen LogP contribution is 2.21. The molecule has 0 bridgehead atoms. The van der Waals surface area contributed by atoms with Crippen LogP contribution in [0.5, 0.6) is 0 Å². The van der Waals surface area contributed by atoms with E-state index in [-0.39, 0.29) is 0 Å². The van der Waals surface area contributed by atoms with Crippen LogP contribution in [0.4, 0.5) is 0 Å². The van der Waals surface area contributed by atoms with Crippen LogP contribution >= 0.6 is 0 Å². The monoisotopic (exact) mass is 302 g/mol. The smallest absolute Gasteiger partial charge is 0.288 e. The average molecular weight is 302 g/mol. The molecule has 0 amide bonds. The van der Waals surface area contributed by atoms with Crippen LogP contribution in [0.2, 0.25) is 0 Å². The van der Waals surface area contributed by atoms with Gasteiger partial charge in [-0.3, -0.25) is 9.11 Å². The molecule has 0 radical (unpaired) electrons. The Morgan fingerprint density at radius 3 is 1.44 bits per heavy atom. The van der Waals surface area contributed by atoms with Crippen molar-refractivity contribution in [2.45, 2.75) is 36.6 Å². The second-order valence-corrected chi connectivity index (χ2v) is 7.62. The molecule has 0 aromatic rings. The summed E-state index contributed by atoms with van der Waals surface area (Å²) in [5.41, 5.74) is -4.44. The molecule has 0 saturated carbocycles. The zero-order valence-corrected chi connectivity index (χ0v) is 11.4. The summed E-state index contributed by atoms with van der Waals surface area (Å²) >= 11 is 0. The number of rotatable bonds is 3. The minimum Gasteiger partial charge on any atom is -0.378 e. The van der Waals surface area contributed by atoms with E-state index in [0.29, 0.717) is 6.92 Å². The van der Waals surface area contributed by atoms with Crippen molar-refractivity contribution in [3.63, 3.8) is 0 Å². The summed E-state index contributed by atoms with van der Waals surface area (Å²) in [4.78, 5) is 0. The molecule has 0 aliphatic rings. The van der Waals surface area contributed by atoms with E-state index in [1.165, 1.54) is 13.8 Å². The van der Waals surface area contributed by atoms with Gasteiger partial charge < -0.3 is 10.2 Å². The van der Waals surface area contributed by atoms with Crippen LogP contribution in [0.25, 0.3) is 0 Å². The van der Waals surface area contributed by atoms with Crippen molar-refractivity contribution in [3.8, 4) is 11.8 Å². The van der Waals surface area contributed by atoms with Crippen molar-refractivity contribution in [1.29, 1.82) is 0 Å². The molecule has 0 aliphatic heterocycles. The van der Waals surface area contributed by atoms with Crippen LogP contribution in [-0.2, 0) is 20.2 Å². The Morgan fingerprint density at radius 2 is 1.22 bits per heavy atom. The van der Waals surface area contributed by atoms with E-state index in [4.69, 9.17) is 9.11 Å². The highest BCUT2D eigenvalue weighted by atomic mass is 32.3. The highest BCUT2D eigenvalue weighted by Gasteiger charge is 2.49. The molecule has 18 heavy (non-hydrogen) atoms. The van der Waals surface area contributed by atoms with Gasteiger partial charge in [-0.15, -0.1) is 0 Å². The molecular weight excluding hydrogens is 288 g/mol. The lowest BCUT2D eigenvalue weighted by Gasteiger charge is -2.23. The summed E-state index contributed by atoms with van der Waals surface area (Å²) in [6, 6.07) is 0. The summed E-state index contributed by atoms with van der Waals surface area (Å²) in [5.74, 6) is 3.78. The van der Waals surface area contributed by atoms with Crippen LogP contribution in [0, 0.1) is 11.8 Å². The first-order chi connectivity index (χ1) is 7.57. The second kappa shape index (κ2) is 4.76. The van der Waals surface area contributed by atoms with Gasteiger partial charge in [0.05, 0.1) is 0 Å². The van der Waals surface area contributed by atoms with Crippen LogP contribution in [0.1, 0.15) is 20.8 Å².